The lowest BCUT2D eigenvalue weighted by Crippen LogP contribution is -1.73. The fraction of sp³-hybridized carbons (Fsp3) is 0.200. The Hall–Kier alpha value is -0.790. The Kier molecular flexibility index (Phi) is 0.680. The molecular formula is C5H5O2. The highest BCUT2D eigenvalue weighted by Gasteiger charge is 2.41. The first kappa shape index (κ1) is 4.37. The summed E-state index contributed by atoms with van der Waals surface area (Å²) in [5.74, 6) is -0.229. The van der Waals surface area contributed by atoms with Gasteiger partial charge in [-0.05, 0) is 12.5 Å². The zero-order valence-electron chi connectivity index (χ0n) is 4.02. The zero-order chi connectivity index (χ0) is 5.44. The van der Waals surface area contributed by atoms with Crippen molar-refractivity contribution in [2.45, 2.75) is 6.92 Å². The van der Waals surface area contributed by atoms with Gasteiger partial charge >= 0.3 is 5.97 Å². The van der Waals surface area contributed by atoms with Gasteiger partial charge in [0, 0.05) is 0 Å². The zero-order valence-corrected chi connectivity index (χ0v) is 4.02. The molecule has 1 rings (SSSR count). The average molecular weight is 97.1 g/mol. The Bertz CT molecular complexity index is 126. The molecular weight excluding hydrogens is 92.1 g/mol. The summed E-state index contributed by atoms with van der Waals surface area (Å²) in [6.07, 6.45) is 0.431. The molecule has 0 bridgehead atoms. The number of carbonyl (C=O) groups is 1. The third kappa shape index (κ3) is 0.633. The van der Waals surface area contributed by atoms with E-state index in [0.29, 0.717) is 11.7 Å². The molecule has 1 radical (unpaired) electrons. The van der Waals surface area contributed by atoms with Gasteiger partial charge in [0.25, 0.3) is 6.10 Å². The van der Waals surface area contributed by atoms with Gasteiger partial charge in [-0.3, -0.25) is 0 Å². The minimum Gasteiger partial charge on any atom is -0.433 e. The highest BCUT2D eigenvalue weighted by molar-refractivity contribution is 6.00. The van der Waals surface area contributed by atoms with E-state index in [0.717, 1.165) is 0 Å². The maximum absolute atomic E-state index is 10.0. The number of rotatable bonds is 1. The van der Waals surface area contributed by atoms with Crippen LogP contribution in [0.25, 0.3) is 0 Å². The smallest absolute Gasteiger partial charge is 0.362 e. The van der Waals surface area contributed by atoms with E-state index in [1.807, 2.05) is 0 Å². The molecule has 0 aromatic rings. The Labute approximate surface area is 41.8 Å². The van der Waals surface area contributed by atoms with Crippen LogP contribution in [0.15, 0.2) is 12.2 Å². The average Bonchev–Trinajstić information content (AvgIpc) is 2.17. The Balaban J connectivity index is 2.48. The van der Waals surface area contributed by atoms with Gasteiger partial charge < -0.3 is 4.74 Å². The third-order valence-electron chi connectivity index (χ3n) is 0.726. The standard InChI is InChI=1S/C5H5O2/c1-3(2)4-5(6)7-4/h1H2,2H3. The van der Waals surface area contributed by atoms with Gasteiger partial charge in [-0.25, -0.2) is 4.79 Å². The van der Waals surface area contributed by atoms with E-state index in [-0.39, 0.29) is 5.97 Å². The van der Waals surface area contributed by atoms with Gasteiger partial charge in [0.1, 0.15) is 0 Å². The number of cyclic esters (lactones) is 1. The molecule has 1 heterocycles. The van der Waals surface area contributed by atoms with Gasteiger partial charge in [0.2, 0.25) is 0 Å². The molecule has 37 valence electrons. The third-order valence-corrected chi connectivity index (χ3v) is 0.726. The minimum atomic E-state index is -0.229. The van der Waals surface area contributed by atoms with Gasteiger partial charge in [0.15, 0.2) is 0 Å². The molecule has 1 fully saturated rings. The highest BCUT2D eigenvalue weighted by atomic mass is 16.6. The summed E-state index contributed by atoms with van der Waals surface area (Å²) in [5.41, 5.74) is 0.713. The summed E-state index contributed by atoms with van der Waals surface area (Å²) in [4.78, 5) is 10.0. The molecule has 0 atom stereocenters. The lowest BCUT2D eigenvalue weighted by Gasteiger charge is -1.74. The van der Waals surface area contributed by atoms with Crippen LogP contribution < -0.4 is 0 Å². The summed E-state index contributed by atoms with van der Waals surface area (Å²) in [6.45, 7) is 5.22. The van der Waals surface area contributed by atoms with Crippen LogP contribution in [0.3, 0.4) is 0 Å². The van der Waals surface area contributed by atoms with Crippen molar-refractivity contribution in [2.75, 3.05) is 0 Å². The molecule has 0 aromatic heterocycles. The molecule has 0 unspecified atom stereocenters. The topological polar surface area (TPSA) is 29.6 Å². The van der Waals surface area contributed by atoms with Crippen LogP contribution in [-0.2, 0) is 9.53 Å². The van der Waals surface area contributed by atoms with Gasteiger partial charge in [-0.1, -0.05) is 6.58 Å². The Morgan fingerprint density at radius 1 is 1.86 bits per heavy atom. The molecule has 0 amide bonds. The van der Waals surface area contributed by atoms with Crippen LogP contribution in [-0.4, -0.2) is 5.97 Å². The minimum absolute atomic E-state index is 0.229. The highest BCUT2D eigenvalue weighted by Crippen LogP contribution is 2.28. The second-order valence-corrected chi connectivity index (χ2v) is 1.50. The predicted molar refractivity (Wildman–Crippen MR) is 24.1 cm³/mol. The fourth-order valence-electron chi connectivity index (χ4n) is 0.329. The Morgan fingerprint density at radius 3 is 2.29 bits per heavy atom. The van der Waals surface area contributed by atoms with Crippen molar-refractivity contribution in [3.05, 3.63) is 18.3 Å². The van der Waals surface area contributed by atoms with Crippen molar-refractivity contribution in [3.63, 3.8) is 0 Å². The second-order valence-electron chi connectivity index (χ2n) is 1.50. The fourth-order valence-corrected chi connectivity index (χ4v) is 0.329. The van der Waals surface area contributed by atoms with Crippen molar-refractivity contribution in [1.82, 2.24) is 0 Å². The van der Waals surface area contributed by atoms with E-state index in [9.17, 15) is 4.79 Å². The van der Waals surface area contributed by atoms with E-state index >= 15 is 0 Å². The molecule has 0 saturated carbocycles. The molecule has 7 heavy (non-hydrogen) atoms. The van der Waals surface area contributed by atoms with Crippen LogP contribution in [0, 0.1) is 6.10 Å². The molecule has 2 nitrogen and oxygen atoms in total. The van der Waals surface area contributed by atoms with Crippen LogP contribution in [0.1, 0.15) is 6.92 Å². The van der Waals surface area contributed by atoms with Crippen molar-refractivity contribution in [2.24, 2.45) is 0 Å². The van der Waals surface area contributed by atoms with E-state index in [2.05, 4.69) is 11.3 Å². The molecule has 1 saturated heterocycles. The monoisotopic (exact) mass is 97.0 g/mol. The van der Waals surface area contributed by atoms with E-state index < -0.39 is 0 Å². The van der Waals surface area contributed by atoms with Crippen molar-refractivity contribution in [3.8, 4) is 0 Å². The number of hydrogen-bond donors (Lipinski definition) is 0. The lowest BCUT2D eigenvalue weighted by atomic mass is 10.3. The summed E-state index contributed by atoms with van der Waals surface area (Å²) >= 11 is 0. The summed E-state index contributed by atoms with van der Waals surface area (Å²) in [6, 6.07) is 0. The van der Waals surface area contributed by atoms with Gasteiger partial charge in [-0.2, -0.15) is 0 Å². The number of ether oxygens (including phenoxy) is 1. The summed E-state index contributed by atoms with van der Waals surface area (Å²) < 4.78 is 4.36. The van der Waals surface area contributed by atoms with E-state index in [1.165, 1.54) is 0 Å². The SMILES string of the molecule is C=C(C)[C]1OC1=O. The van der Waals surface area contributed by atoms with Crippen molar-refractivity contribution < 1.29 is 9.53 Å². The van der Waals surface area contributed by atoms with Gasteiger partial charge in [0.05, 0.1) is 0 Å². The number of epoxide rings is 1. The first-order valence-electron chi connectivity index (χ1n) is 1.97. The van der Waals surface area contributed by atoms with Gasteiger partial charge in [-0.15, -0.1) is 0 Å². The first-order chi connectivity index (χ1) is 3.22. The normalized spacial score (nSPS) is 18.7. The molecule has 0 spiro atoms. The number of carbonyl (C=O) groups excluding carboxylic acids is 1. The van der Waals surface area contributed by atoms with Crippen LogP contribution in [0.5, 0.6) is 0 Å². The quantitative estimate of drug-likeness (QED) is 0.449. The summed E-state index contributed by atoms with van der Waals surface area (Å²) in [7, 11) is 0. The lowest BCUT2D eigenvalue weighted by molar-refractivity contribution is -0.117. The van der Waals surface area contributed by atoms with Crippen LogP contribution >= 0.6 is 0 Å². The van der Waals surface area contributed by atoms with Crippen LogP contribution in [0.4, 0.5) is 0 Å². The number of hydrogen-bond acceptors (Lipinski definition) is 2. The molecule has 2 heteroatoms. The molecule has 0 aliphatic carbocycles. The van der Waals surface area contributed by atoms with Crippen molar-refractivity contribution in [1.29, 1.82) is 0 Å². The van der Waals surface area contributed by atoms with E-state index in [4.69, 9.17) is 0 Å². The first-order valence-corrected chi connectivity index (χ1v) is 1.97. The molecule has 0 aromatic carbocycles. The predicted octanol–water partition coefficient (Wildman–Crippen LogP) is 0.651. The van der Waals surface area contributed by atoms with Crippen molar-refractivity contribution >= 4 is 5.97 Å². The maximum atomic E-state index is 10.0. The molecule has 1 aliphatic rings. The van der Waals surface area contributed by atoms with Crippen LogP contribution in [0.2, 0.25) is 0 Å². The maximum Gasteiger partial charge on any atom is 0.362 e. The molecule has 1 aliphatic heterocycles. The van der Waals surface area contributed by atoms with E-state index in [1.54, 1.807) is 6.92 Å². The second kappa shape index (κ2) is 1.09. The summed E-state index contributed by atoms with van der Waals surface area (Å²) in [5, 5.41) is 0. The largest absolute Gasteiger partial charge is 0.433 e. The molecule has 0 N–H and O–H groups in total. The Morgan fingerprint density at radius 2 is 2.29 bits per heavy atom.